The van der Waals surface area contributed by atoms with Gasteiger partial charge in [-0.25, -0.2) is 0 Å². The van der Waals surface area contributed by atoms with Crippen molar-refractivity contribution in [3.05, 3.63) is 23.8 Å². The lowest BCUT2D eigenvalue weighted by atomic mass is 10.1. The number of carbonyl (C=O) groups excluding carboxylic acids is 2. The van der Waals surface area contributed by atoms with Gasteiger partial charge in [-0.2, -0.15) is 0 Å². The monoisotopic (exact) mass is 373 g/mol. The molecular formula is C22H35N3O2. The molecule has 1 aliphatic rings. The molecule has 2 N–H and O–H groups in total. The standard InChI is InChI=1S/C22H35N3O2/c1-4-6-7-8-11-21(26)24-18-12-13-20(25-14-9-10-15-25)19(16-18)22(27)23-17(3)5-2/h12-13,16-17H,4-11,14-15H2,1-3H3,(H,23,27)(H,24,26)/t17-/m0/s1. The Morgan fingerprint density at radius 2 is 1.85 bits per heavy atom. The van der Waals surface area contributed by atoms with Crippen molar-refractivity contribution >= 4 is 23.2 Å². The first-order chi connectivity index (χ1) is 13.0. The molecule has 5 nitrogen and oxygen atoms in total. The smallest absolute Gasteiger partial charge is 0.253 e. The van der Waals surface area contributed by atoms with Gasteiger partial charge in [-0.3, -0.25) is 9.59 Å². The van der Waals surface area contributed by atoms with Crippen molar-refractivity contribution in [1.29, 1.82) is 0 Å². The molecule has 2 rings (SSSR count). The van der Waals surface area contributed by atoms with E-state index in [9.17, 15) is 9.59 Å². The quantitative estimate of drug-likeness (QED) is 0.583. The van der Waals surface area contributed by atoms with E-state index in [4.69, 9.17) is 0 Å². The number of nitrogens with zero attached hydrogens (tertiary/aromatic N) is 1. The summed E-state index contributed by atoms with van der Waals surface area (Å²) in [6.07, 6.45) is 8.05. The fourth-order valence-electron chi connectivity index (χ4n) is 3.37. The van der Waals surface area contributed by atoms with E-state index < -0.39 is 0 Å². The van der Waals surface area contributed by atoms with Crippen molar-refractivity contribution in [3.63, 3.8) is 0 Å². The van der Waals surface area contributed by atoms with E-state index in [1.54, 1.807) is 0 Å². The number of hydrogen-bond donors (Lipinski definition) is 2. The summed E-state index contributed by atoms with van der Waals surface area (Å²) < 4.78 is 0. The highest BCUT2D eigenvalue weighted by molar-refractivity contribution is 6.02. The molecule has 1 heterocycles. The van der Waals surface area contributed by atoms with E-state index >= 15 is 0 Å². The Balaban J connectivity index is 2.11. The molecule has 0 aliphatic carbocycles. The zero-order valence-corrected chi connectivity index (χ0v) is 17.1. The highest BCUT2D eigenvalue weighted by Crippen LogP contribution is 2.28. The molecule has 0 radical (unpaired) electrons. The van der Waals surface area contributed by atoms with Crippen molar-refractivity contribution in [2.45, 2.75) is 78.2 Å². The fraction of sp³-hybridized carbons (Fsp3) is 0.636. The molecular weight excluding hydrogens is 338 g/mol. The van der Waals surface area contributed by atoms with Crippen LogP contribution in [-0.4, -0.2) is 30.9 Å². The lowest BCUT2D eigenvalue weighted by Gasteiger charge is -2.23. The third-order valence-corrected chi connectivity index (χ3v) is 5.22. The maximum Gasteiger partial charge on any atom is 0.253 e. The number of carbonyl (C=O) groups is 2. The van der Waals surface area contributed by atoms with Crippen LogP contribution in [0.3, 0.4) is 0 Å². The molecule has 1 saturated heterocycles. The van der Waals surface area contributed by atoms with Crippen LogP contribution in [0.25, 0.3) is 0 Å². The van der Waals surface area contributed by atoms with Crippen molar-refractivity contribution in [2.75, 3.05) is 23.3 Å². The summed E-state index contributed by atoms with van der Waals surface area (Å²) in [5.41, 5.74) is 2.32. The predicted molar refractivity (Wildman–Crippen MR) is 112 cm³/mol. The van der Waals surface area contributed by atoms with Gasteiger partial charge in [0.1, 0.15) is 0 Å². The first-order valence-corrected chi connectivity index (χ1v) is 10.5. The first-order valence-electron chi connectivity index (χ1n) is 10.5. The zero-order valence-electron chi connectivity index (χ0n) is 17.1. The molecule has 0 saturated carbocycles. The topological polar surface area (TPSA) is 61.4 Å². The van der Waals surface area contributed by atoms with Crippen molar-refractivity contribution < 1.29 is 9.59 Å². The minimum atomic E-state index is -0.0645. The van der Waals surface area contributed by atoms with E-state index in [0.29, 0.717) is 17.7 Å². The minimum Gasteiger partial charge on any atom is -0.371 e. The number of unbranched alkanes of at least 4 members (excludes halogenated alkanes) is 3. The molecule has 150 valence electrons. The number of hydrogen-bond acceptors (Lipinski definition) is 3. The van der Waals surface area contributed by atoms with Gasteiger partial charge >= 0.3 is 0 Å². The summed E-state index contributed by atoms with van der Waals surface area (Å²) in [5, 5.41) is 6.02. The van der Waals surface area contributed by atoms with Crippen molar-refractivity contribution in [1.82, 2.24) is 5.32 Å². The average Bonchev–Trinajstić information content (AvgIpc) is 3.19. The van der Waals surface area contributed by atoms with Gasteiger partial charge in [0.05, 0.1) is 5.56 Å². The zero-order chi connectivity index (χ0) is 19.6. The van der Waals surface area contributed by atoms with Gasteiger partial charge in [0.2, 0.25) is 5.91 Å². The molecule has 1 aromatic carbocycles. The second kappa shape index (κ2) is 11.0. The second-order valence-corrected chi connectivity index (χ2v) is 7.57. The lowest BCUT2D eigenvalue weighted by molar-refractivity contribution is -0.116. The van der Waals surface area contributed by atoms with Crippen LogP contribution in [0.4, 0.5) is 11.4 Å². The maximum atomic E-state index is 12.8. The average molecular weight is 374 g/mol. The highest BCUT2D eigenvalue weighted by atomic mass is 16.2. The molecule has 0 aromatic heterocycles. The predicted octanol–water partition coefficient (Wildman–Crippen LogP) is 4.72. The molecule has 27 heavy (non-hydrogen) atoms. The number of amides is 2. The van der Waals surface area contributed by atoms with E-state index in [1.165, 1.54) is 0 Å². The Labute approximate surface area is 163 Å². The Kier molecular flexibility index (Phi) is 8.62. The molecule has 0 unspecified atom stereocenters. The number of rotatable bonds is 10. The van der Waals surface area contributed by atoms with Gasteiger partial charge < -0.3 is 15.5 Å². The molecule has 0 spiro atoms. The van der Waals surface area contributed by atoms with Crippen molar-refractivity contribution in [3.8, 4) is 0 Å². The summed E-state index contributed by atoms with van der Waals surface area (Å²) in [5.74, 6) is -0.0430. The second-order valence-electron chi connectivity index (χ2n) is 7.57. The third-order valence-electron chi connectivity index (χ3n) is 5.22. The summed E-state index contributed by atoms with van der Waals surface area (Å²) in [4.78, 5) is 27.3. The van der Waals surface area contributed by atoms with Gasteiger partial charge in [-0.05, 0) is 50.8 Å². The highest BCUT2D eigenvalue weighted by Gasteiger charge is 2.21. The van der Waals surface area contributed by atoms with E-state index in [-0.39, 0.29) is 17.9 Å². The van der Waals surface area contributed by atoms with Crippen molar-refractivity contribution in [2.24, 2.45) is 0 Å². The molecule has 1 aliphatic heterocycles. The third kappa shape index (κ3) is 6.56. The Hall–Kier alpha value is -2.04. The van der Waals surface area contributed by atoms with Crippen LogP contribution in [-0.2, 0) is 4.79 Å². The molecule has 0 bridgehead atoms. The van der Waals surface area contributed by atoms with Crippen LogP contribution in [0, 0.1) is 0 Å². The normalized spacial score (nSPS) is 14.9. The van der Waals surface area contributed by atoms with Gasteiger partial charge in [-0.15, -0.1) is 0 Å². The summed E-state index contributed by atoms with van der Waals surface area (Å²) in [6, 6.07) is 5.84. The maximum absolute atomic E-state index is 12.8. The molecule has 1 atom stereocenters. The van der Waals surface area contributed by atoms with Gasteiger partial charge in [0.15, 0.2) is 0 Å². The molecule has 5 heteroatoms. The van der Waals surface area contributed by atoms with Crippen LogP contribution in [0.15, 0.2) is 18.2 Å². The molecule has 2 amide bonds. The van der Waals surface area contributed by atoms with Gasteiger partial charge in [0, 0.05) is 36.9 Å². The Bertz CT molecular complexity index is 624. The Morgan fingerprint density at radius 1 is 1.11 bits per heavy atom. The lowest BCUT2D eigenvalue weighted by Crippen LogP contribution is -2.33. The van der Waals surface area contributed by atoms with E-state index in [0.717, 1.165) is 63.7 Å². The SMILES string of the molecule is CCCCCCC(=O)Nc1ccc(N2CCCC2)c(C(=O)N[C@@H](C)CC)c1. The summed E-state index contributed by atoms with van der Waals surface area (Å²) in [6.45, 7) is 8.18. The summed E-state index contributed by atoms with van der Waals surface area (Å²) in [7, 11) is 0. The van der Waals surface area contributed by atoms with Crippen LogP contribution in [0.2, 0.25) is 0 Å². The van der Waals surface area contributed by atoms with Gasteiger partial charge in [-0.1, -0.05) is 33.1 Å². The minimum absolute atomic E-state index is 0.0216. The van der Waals surface area contributed by atoms with Gasteiger partial charge in [0.25, 0.3) is 5.91 Å². The number of anilines is 2. The first kappa shape index (κ1) is 21.3. The largest absolute Gasteiger partial charge is 0.371 e. The van der Waals surface area contributed by atoms with Crippen LogP contribution >= 0.6 is 0 Å². The fourth-order valence-corrected chi connectivity index (χ4v) is 3.37. The summed E-state index contributed by atoms with van der Waals surface area (Å²) >= 11 is 0. The van der Waals surface area contributed by atoms with Crippen LogP contribution in [0.5, 0.6) is 0 Å². The Morgan fingerprint density at radius 3 is 2.52 bits per heavy atom. The number of benzene rings is 1. The van der Waals surface area contributed by atoms with E-state index in [2.05, 4.69) is 29.4 Å². The van der Waals surface area contributed by atoms with Crippen LogP contribution < -0.4 is 15.5 Å². The van der Waals surface area contributed by atoms with Crippen LogP contribution in [0.1, 0.15) is 82.5 Å². The van der Waals surface area contributed by atoms with E-state index in [1.807, 2.05) is 25.1 Å². The molecule has 1 fully saturated rings. The number of nitrogens with one attached hydrogen (secondary N) is 2. The molecule has 1 aromatic rings.